The number of hydrogen-bond donors (Lipinski definition) is 0. The lowest BCUT2D eigenvalue weighted by molar-refractivity contribution is 0.297. The van der Waals surface area contributed by atoms with E-state index in [9.17, 15) is 0 Å². The maximum absolute atomic E-state index is 5.98. The van der Waals surface area contributed by atoms with Gasteiger partial charge < -0.3 is 14.2 Å². The van der Waals surface area contributed by atoms with Gasteiger partial charge in [-0.3, -0.25) is 4.98 Å². The predicted molar refractivity (Wildman–Crippen MR) is 102 cm³/mol. The third kappa shape index (κ3) is 4.11. The molecule has 0 N–H and O–H groups in total. The smallest absolute Gasteiger partial charge is 0.162 e. The van der Waals surface area contributed by atoms with Gasteiger partial charge in [0.15, 0.2) is 11.5 Å². The minimum atomic E-state index is 0.697. The normalized spacial score (nSPS) is 13.1. The lowest BCUT2D eigenvalue weighted by Gasteiger charge is -2.12. The molecule has 0 bridgehead atoms. The molecule has 0 unspecified atom stereocenters. The maximum Gasteiger partial charge on any atom is 0.162 e. The van der Waals surface area contributed by atoms with Crippen LogP contribution in [0.25, 0.3) is 0 Å². The molecule has 4 nitrogen and oxygen atoms in total. The second-order valence-electron chi connectivity index (χ2n) is 5.85. The second kappa shape index (κ2) is 8.15. The Morgan fingerprint density at radius 2 is 1.85 bits per heavy atom. The van der Waals surface area contributed by atoms with E-state index in [-0.39, 0.29) is 0 Å². The van der Waals surface area contributed by atoms with Crippen molar-refractivity contribution in [3.05, 3.63) is 72.6 Å². The number of hydrogen-bond acceptors (Lipinski definition) is 5. The number of pyridine rings is 1. The number of para-hydroxylation sites is 1. The van der Waals surface area contributed by atoms with Crippen LogP contribution in [-0.4, -0.2) is 18.2 Å². The molecule has 1 aromatic heterocycles. The van der Waals surface area contributed by atoms with Crippen LogP contribution >= 0.6 is 11.8 Å². The molecule has 0 saturated heterocycles. The summed E-state index contributed by atoms with van der Waals surface area (Å²) in [5, 5.41) is 0. The Kier molecular flexibility index (Phi) is 5.26. The van der Waals surface area contributed by atoms with E-state index in [2.05, 4.69) is 23.2 Å². The van der Waals surface area contributed by atoms with Crippen LogP contribution in [0.1, 0.15) is 12.0 Å². The van der Waals surface area contributed by atoms with E-state index < -0.39 is 0 Å². The highest BCUT2D eigenvalue weighted by Crippen LogP contribution is 2.36. The number of rotatable bonds is 5. The summed E-state index contributed by atoms with van der Waals surface area (Å²) < 4.78 is 17.4. The molecule has 0 amide bonds. The first-order chi connectivity index (χ1) is 12.9. The quantitative estimate of drug-likeness (QED) is 0.572. The Labute approximate surface area is 157 Å². The van der Waals surface area contributed by atoms with E-state index in [1.807, 2.05) is 36.4 Å². The van der Waals surface area contributed by atoms with E-state index in [0.717, 1.165) is 45.6 Å². The van der Waals surface area contributed by atoms with Crippen LogP contribution in [-0.2, 0) is 5.75 Å². The molecule has 4 rings (SSSR count). The largest absolute Gasteiger partial charge is 0.490 e. The summed E-state index contributed by atoms with van der Waals surface area (Å²) in [5.74, 6) is 4.04. The number of aromatic nitrogens is 1. The van der Waals surface area contributed by atoms with Gasteiger partial charge in [-0.25, -0.2) is 0 Å². The number of thioether (sulfide) groups is 1. The van der Waals surface area contributed by atoms with Crippen molar-refractivity contribution in [1.29, 1.82) is 0 Å². The zero-order valence-corrected chi connectivity index (χ0v) is 15.1. The van der Waals surface area contributed by atoms with E-state index in [1.165, 1.54) is 0 Å². The summed E-state index contributed by atoms with van der Waals surface area (Å²) in [6.45, 7) is 1.40. The molecule has 3 aromatic rings. The van der Waals surface area contributed by atoms with Gasteiger partial charge in [-0.2, -0.15) is 0 Å². The molecule has 1 aliphatic rings. The summed E-state index contributed by atoms with van der Waals surface area (Å²) in [6.07, 6.45) is 4.36. The molecule has 26 heavy (non-hydrogen) atoms. The van der Waals surface area contributed by atoms with E-state index in [4.69, 9.17) is 14.2 Å². The van der Waals surface area contributed by atoms with Crippen LogP contribution in [0, 0.1) is 0 Å². The molecular formula is C21H19NO3S. The van der Waals surface area contributed by atoms with Crippen LogP contribution in [0.5, 0.6) is 23.0 Å². The van der Waals surface area contributed by atoms with Crippen LogP contribution in [0.3, 0.4) is 0 Å². The number of benzene rings is 2. The summed E-state index contributed by atoms with van der Waals surface area (Å²) in [5.41, 5.74) is 1.13. The highest BCUT2D eigenvalue weighted by Gasteiger charge is 2.12. The average Bonchev–Trinajstić information content (AvgIpc) is 2.93. The molecule has 0 radical (unpaired) electrons. The highest BCUT2D eigenvalue weighted by molar-refractivity contribution is 7.98. The molecule has 0 saturated carbocycles. The lowest BCUT2D eigenvalue weighted by Crippen LogP contribution is -1.97. The van der Waals surface area contributed by atoms with Crippen LogP contribution in [0.2, 0.25) is 0 Å². The Bertz CT molecular complexity index is 870. The third-order valence-corrected chi connectivity index (χ3v) is 4.99. The molecule has 2 heterocycles. The van der Waals surface area contributed by atoms with Crippen molar-refractivity contribution in [3.63, 3.8) is 0 Å². The van der Waals surface area contributed by atoms with Gasteiger partial charge in [0.2, 0.25) is 0 Å². The number of nitrogens with zero attached hydrogens (tertiary/aromatic N) is 1. The SMILES string of the molecule is c1cncc(Oc2ccccc2CSc2ccc3c(c2)OCCCO3)c1. The molecule has 2 aromatic carbocycles. The zero-order chi connectivity index (χ0) is 17.6. The number of ether oxygens (including phenoxy) is 3. The predicted octanol–water partition coefficient (Wildman–Crippen LogP) is 5.33. The van der Waals surface area contributed by atoms with Crippen molar-refractivity contribution in [2.45, 2.75) is 17.1 Å². The van der Waals surface area contributed by atoms with Gasteiger partial charge in [-0.05, 0) is 36.4 Å². The fourth-order valence-corrected chi connectivity index (χ4v) is 3.57. The topological polar surface area (TPSA) is 40.6 Å². The zero-order valence-electron chi connectivity index (χ0n) is 14.3. The standard InChI is InChI=1S/C21H19NO3S/c1-2-7-19(25-17-6-3-10-22-14-17)16(5-1)15-26-18-8-9-20-21(13-18)24-12-4-11-23-20/h1-3,5-10,13-14H,4,11-12,15H2. The fourth-order valence-electron chi connectivity index (χ4n) is 2.65. The lowest BCUT2D eigenvalue weighted by atomic mass is 10.2. The summed E-state index contributed by atoms with van der Waals surface area (Å²) in [7, 11) is 0. The van der Waals surface area contributed by atoms with Crippen molar-refractivity contribution < 1.29 is 14.2 Å². The van der Waals surface area contributed by atoms with Gasteiger partial charge in [0.25, 0.3) is 0 Å². The van der Waals surface area contributed by atoms with Gasteiger partial charge in [-0.1, -0.05) is 18.2 Å². The molecular weight excluding hydrogens is 346 g/mol. The Morgan fingerprint density at radius 1 is 0.962 bits per heavy atom. The third-order valence-electron chi connectivity index (χ3n) is 3.95. The first kappa shape index (κ1) is 16.8. The Balaban J connectivity index is 1.47. The van der Waals surface area contributed by atoms with Crippen molar-refractivity contribution in [3.8, 4) is 23.0 Å². The summed E-state index contributed by atoms with van der Waals surface area (Å²) in [6, 6.07) is 18.0. The second-order valence-corrected chi connectivity index (χ2v) is 6.89. The van der Waals surface area contributed by atoms with E-state index in [1.54, 1.807) is 24.2 Å². The minimum Gasteiger partial charge on any atom is -0.490 e. The van der Waals surface area contributed by atoms with Gasteiger partial charge >= 0.3 is 0 Å². The monoisotopic (exact) mass is 365 g/mol. The van der Waals surface area contributed by atoms with Crippen molar-refractivity contribution in [2.24, 2.45) is 0 Å². The molecule has 0 aliphatic carbocycles. The van der Waals surface area contributed by atoms with Crippen molar-refractivity contribution >= 4 is 11.8 Å². The van der Waals surface area contributed by atoms with Crippen molar-refractivity contribution in [2.75, 3.05) is 13.2 Å². The Morgan fingerprint density at radius 3 is 2.73 bits per heavy atom. The Hall–Kier alpha value is -2.66. The molecule has 0 atom stereocenters. The molecule has 0 spiro atoms. The first-order valence-corrected chi connectivity index (χ1v) is 9.55. The van der Waals surface area contributed by atoms with Crippen LogP contribution < -0.4 is 14.2 Å². The summed E-state index contributed by atoms with van der Waals surface area (Å²) >= 11 is 1.75. The molecule has 0 fully saturated rings. The summed E-state index contributed by atoms with van der Waals surface area (Å²) in [4.78, 5) is 5.24. The highest BCUT2D eigenvalue weighted by atomic mass is 32.2. The van der Waals surface area contributed by atoms with Gasteiger partial charge in [0.1, 0.15) is 11.5 Å². The van der Waals surface area contributed by atoms with Crippen LogP contribution in [0.15, 0.2) is 71.9 Å². The van der Waals surface area contributed by atoms with Gasteiger partial charge in [-0.15, -0.1) is 11.8 Å². The van der Waals surface area contributed by atoms with Gasteiger partial charge in [0.05, 0.1) is 19.4 Å². The fraction of sp³-hybridized carbons (Fsp3) is 0.190. The maximum atomic E-state index is 5.98. The average molecular weight is 365 g/mol. The van der Waals surface area contributed by atoms with E-state index >= 15 is 0 Å². The molecule has 132 valence electrons. The number of fused-ring (bicyclic) bond motifs is 1. The van der Waals surface area contributed by atoms with Crippen LogP contribution in [0.4, 0.5) is 0 Å². The van der Waals surface area contributed by atoms with Gasteiger partial charge in [0, 0.05) is 28.8 Å². The first-order valence-electron chi connectivity index (χ1n) is 8.57. The minimum absolute atomic E-state index is 0.697. The molecule has 5 heteroatoms. The van der Waals surface area contributed by atoms with E-state index in [0.29, 0.717) is 13.2 Å². The molecule has 1 aliphatic heterocycles. The van der Waals surface area contributed by atoms with Crippen molar-refractivity contribution in [1.82, 2.24) is 4.98 Å².